The molecule has 17 heavy (non-hydrogen) atoms. The zero-order valence-electron chi connectivity index (χ0n) is 10.3. The maximum Gasteiger partial charge on any atom is 0.219 e. The Labute approximate surface area is 106 Å². The zero-order chi connectivity index (χ0) is 13.3. The lowest BCUT2D eigenvalue weighted by Crippen LogP contribution is -2.28. The van der Waals surface area contributed by atoms with Gasteiger partial charge in [-0.25, -0.2) is 0 Å². The third kappa shape index (κ3) is 7.12. The van der Waals surface area contributed by atoms with E-state index in [9.17, 15) is 14.7 Å². The molecule has 1 amide bonds. The van der Waals surface area contributed by atoms with Crippen LogP contribution in [0.15, 0.2) is 4.99 Å². The molecule has 6 heteroatoms. The number of amides is 1. The van der Waals surface area contributed by atoms with Crippen LogP contribution < -0.4 is 5.32 Å². The lowest BCUT2D eigenvalue weighted by Gasteiger charge is -2.15. The van der Waals surface area contributed by atoms with Crippen molar-refractivity contribution in [2.45, 2.75) is 26.4 Å². The quantitative estimate of drug-likeness (QED) is 0.491. The number of rotatable bonds is 8. The summed E-state index contributed by atoms with van der Waals surface area (Å²) in [6.07, 6.45) is -0.337. The van der Waals surface area contributed by atoms with Crippen molar-refractivity contribution < 1.29 is 14.7 Å². The van der Waals surface area contributed by atoms with Crippen molar-refractivity contribution in [2.24, 2.45) is 10.9 Å². The molecule has 0 aliphatic rings. The summed E-state index contributed by atoms with van der Waals surface area (Å²) in [4.78, 5) is 26.1. The number of hydrogen-bond acceptors (Lipinski definition) is 5. The highest BCUT2D eigenvalue weighted by atomic mass is 32.2. The molecular weight excluding hydrogens is 240 g/mol. The molecule has 0 unspecified atom stereocenters. The second-order valence-corrected chi connectivity index (χ2v) is 4.73. The van der Waals surface area contributed by atoms with E-state index >= 15 is 0 Å². The molecule has 0 spiro atoms. The molecule has 0 fully saturated rings. The number of nitrogens with one attached hydrogen (secondary N) is 1. The molecule has 0 aromatic rings. The average Bonchev–Trinajstić information content (AvgIpc) is 2.33. The van der Waals surface area contributed by atoms with Crippen LogP contribution in [0, 0.1) is 5.92 Å². The van der Waals surface area contributed by atoms with E-state index in [0.717, 1.165) is 11.8 Å². The minimum absolute atomic E-state index is 0.0259. The molecule has 0 heterocycles. The molecule has 0 aliphatic heterocycles. The molecule has 2 atom stereocenters. The van der Waals surface area contributed by atoms with Gasteiger partial charge in [-0.1, -0.05) is 25.6 Å². The molecule has 0 saturated heterocycles. The smallest absolute Gasteiger partial charge is 0.219 e. The van der Waals surface area contributed by atoms with Crippen molar-refractivity contribution in [1.82, 2.24) is 5.32 Å². The normalized spacial score (nSPS) is 13.8. The second kappa shape index (κ2) is 9.18. The van der Waals surface area contributed by atoms with Crippen LogP contribution in [-0.2, 0) is 9.59 Å². The van der Waals surface area contributed by atoms with Gasteiger partial charge in [-0.05, 0) is 6.72 Å². The van der Waals surface area contributed by atoms with Crippen LogP contribution >= 0.6 is 11.8 Å². The summed E-state index contributed by atoms with van der Waals surface area (Å²) in [5.74, 6) is 0.0257. The first kappa shape index (κ1) is 16.1. The van der Waals surface area contributed by atoms with Crippen LogP contribution in [0.25, 0.3) is 0 Å². The van der Waals surface area contributed by atoms with Gasteiger partial charge in [0.15, 0.2) is 5.12 Å². The summed E-state index contributed by atoms with van der Waals surface area (Å²) in [5.41, 5.74) is 0. The molecule has 2 N–H and O–H groups in total. The van der Waals surface area contributed by atoms with E-state index in [-0.39, 0.29) is 17.6 Å². The van der Waals surface area contributed by atoms with E-state index in [1.165, 1.54) is 0 Å². The summed E-state index contributed by atoms with van der Waals surface area (Å²) in [6.45, 7) is 7.34. The minimum atomic E-state index is -0.780. The predicted molar refractivity (Wildman–Crippen MR) is 70.4 cm³/mol. The number of carbonyl (C=O) groups is 2. The molecular formula is C11H20N2O3S. The van der Waals surface area contributed by atoms with E-state index in [1.54, 1.807) is 13.8 Å². The summed E-state index contributed by atoms with van der Waals surface area (Å²) in [6, 6.07) is 0. The Kier molecular flexibility index (Phi) is 8.71. The standard InChI is InChI=1S/C11H20N2O3S/c1-4-10(15)13-5-6-17-11(16)8(2)9(14)7-12-3/h8-9,14H,3-7H2,1-2H3,(H,13,15)/t8-,9-/m1/s1. The molecule has 0 bridgehead atoms. The van der Waals surface area contributed by atoms with Crippen molar-refractivity contribution >= 4 is 29.5 Å². The fourth-order valence-electron chi connectivity index (χ4n) is 1.05. The van der Waals surface area contributed by atoms with Crippen LogP contribution in [-0.4, -0.2) is 47.8 Å². The number of aliphatic imine (C=N–C) groups is 1. The van der Waals surface area contributed by atoms with Gasteiger partial charge in [0.2, 0.25) is 5.91 Å². The van der Waals surface area contributed by atoms with Crippen molar-refractivity contribution in [3.05, 3.63) is 0 Å². The summed E-state index contributed by atoms with van der Waals surface area (Å²) < 4.78 is 0. The van der Waals surface area contributed by atoms with Crippen LogP contribution in [0.3, 0.4) is 0 Å². The molecule has 0 aromatic carbocycles. The molecule has 0 rings (SSSR count). The van der Waals surface area contributed by atoms with E-state index in [4.69, 9.17) is 0 Å². The van der Waals surface area contributed by atoms with E-state index < -0.39 is 12.0 Å². The van der Waals surface area contributed by atoms with Gasteiger partial charge in [0.25, 0.3) is 0 Å². The van der Waals surface area contributed by atoms with Gasteiger partial charge < -0.3 is 10.4 Å². The first-order valence-electron chi connectivity index (χ1n) is 5.56. The first-order chi connectivity index (χ1) is 8.02. The molecule has 0 aromatic heterocycles. The van der Waals surface area contributed by atoms with Gasteiger partial charge in [0, 0.05) is 18.7 Å². The van der Waals surface area contributed by atoms with Gasteiger partial charge in [-0.3, -0.25) is 14.6 Å². The molecule has 98 valence electrons. The fraction of sp³-hybridized carbons (Fsp3) is 0.727. The van der Waals surface area contributed by atoms with Crippen LogP contribution in [0.1, 0.15) is 20.3 Å². The average molecular weight is 260 g/mol. The first-order valence-corrected chi connectivity index (χ1v) is 6.55. The Morgan fingerprint density at radius 2 is 2.18 bits per heavy atom. The van der Waals surface area contributed by atoms with E-state index in [0.29, 0.717) is 18.7 Å². The lowest BCUT2D eigenvalue weighted by atomic mass is 10.1. The fourth-order valence-corrected chi connectivity index (χ4v) is 1.87. The van der Waals surface area contributed by atoms with Crippen molar-refractivity contribution in [2.75, 3.05) is 18.8 Å². The number of aliphatic hydroxyl groups excluding tert-OH is 1. The Bertz CT molecular complexity index is 271. The lowest BCUT2D eigenvalue weighted by molar-refractivity contribution is -0.120. The Hall–Kier alpha value is -0.880. The van der Waals surface area contributed by atoms with Gasteiger partial charge in [0.1, 0.15) is 0 Å². The third-order valence-corrected chi connectivity index (χ3v) is 3.32. The highest BCUT2D eigenvalue weighted by Gasteiger charge is 2.21. The highest BCUT2D eigenvalue weighted by molar-refractivity contribution is 8.13. The van der Waals surface area contributed by atoms with Crippen LogP contribution in [0.4, 0.5) is 0 Å². The van der Waals surface area contributed by atoms with Crippen molar-refractivity contribution in [1.29, 1.82) is 0 Å². The van der Waals surface area contributed by atoms with Gasteiger partial charge in [-0.2, -0.15) is 0 Å². The van der Waals surface area contributed by atoms with Gasteiger partial charge in [0.05, 0.1) is 18.6 Å². The maximum atomic E-state index is 11.6. The van der Waals surface area contributed by atoms with Crippen LogP contribution in [0.2, 0.25) is 0 Å². The number of hydrogen-bond donors (Lipinski definition) is 2. The summed E-state index contributed by atoms with van der Waals surface area (Å²) in [7, 11) is 0. The maximum absolute atomic E-state index is 11.6. The second-order valence-electron chi connectivity index (χ2n) is 3.63. The zero-order valence-corrected chi connectivity index (χ0v) is 11.1. The predicted octanol–water partition coefficient (Wildman–Crippen LogP) is 0.470. The Balaban J connectivity index is 3.78. The Morgan fingerprint density at radius 1 is 1.53 bits per heavy atom. The largest absolute Gasteiger partial charge is 0.390 e. The number of nitrogens with zero attached hydrogens (tertiary/aromatic N) is 1. The van der Waals surface area contributed by atoms with Crippen molar-refractivity contribution in [3.8, 4) is 0 Å². The summed E-state index contributed by atoms with van der Waals surface area (Å²) >= 11 is 1.12. The molecule has 0 aliphatic carbocycles. The van der Waals surface area contributed by atoms with Gasteiger partial charge >= 0.3 is 0 Å². The number of thioether (sulfide) groups is 1. The van der Waals surface area contributed by atoms with E-state index in [1.807, 2.05) is 0 Å². The van der Waals surface area contributed by atoms with Crippen molar-refractivity contribution in [3.63, 3.8) is 0 Å². The summed E-state index contributed by atoms with van der Waals surface area (Å²) in [5, 5.41) is 12.1. The number of carbonyl (C=O) groups excluding carboxylic acids is 2. The van der Waals surface area contributed by atoms with Gasteiger partial charge in [-0.15, -0.1) is 0 Å². The Morgan fingerprint density at radius 3 is 2.71 bits per heavy atom. The number of aliphatic hydroxyl groups is 1. The molecule has 0 saturated carbocycles. The third-order valence-electron chi connectivity index (χ3n) is 2.25. The SMILES string of the molecule is C=NC[C@@H](O)[C@@H](C)C(=O)SCCNC(=O)CC. The monoisotopic (exact) mass is 260 g/mol. The van der Waals surface area contributed by atoms with Crippen LogP contribution in [0.5, 0.6) is 0 Å². The molecule has 0 radical (unpaired) electrons. The van der Waals surface area contributed by atoms with E-state index in [2.05, 4.69) is 17.0 Å². The highest BCUT2D eigenvalue weighted by Crippen LogP contribution is 2.14. The topological polar surface area (TPSA) is 78.8 Å². The molecule has 5 nitrogen and oxygen atoms in total. The minimum Gasteiger partial charge on any atom is -0.390 e.